The molecule has 0 amide bonds. The molecule has 2 heterocycles. The number of carbonyl (C=O) groups is 2. The molecule has 6 nitrogen and oxygen atoms in total. The average Bonchev–Trinajstić information content (AvgIpc) is 3.12. The highest BCUT2D eigenvalue weighted by Gasteiger charge is 2.45. The van der Waals surface area contributed by atoms with E-state index in [2.05, 4.69) is 15.9 Å². The lowest BCUT2D eigenvalue weighted by atomic mass is 9.88. The number of carbonyl (C=O) groups excluding carboxylic acids is 2. The van der Waals surface area contributed by atoms with Crippen LogP contribution in [0.25, 0.3) is 0 Å². The van der Waals surface area contributed by atoms with Crippen molar-refractivity contribution in [3.05, 3.63) is 23.7 Å². The molecule has 0 spiro atoms. The third kappa shape index (κ3) is 4.51. The van der Waals surface area contributed by atoms with Crippen LogP contribution in [0.3, 0.4) is 0 Å². The predicted octanol–water partition coefficient (Wildman–Crippen LogP) is 3.50. The molecular formula is C18H25BrO6. The molecule has 1 saturated heterocycles. The maximum absolute atomic E-state index is 12.1. The van der Waals surface area contributed by atoms with Gasteiger partial charge in [0.25, 0.3) is 0 Å². The minimum Gasteiger partial charge on any atom is -0.468 e. The van der Waals surface area contributed by atoms with Crippen molar-refractivity contribution in [3.8, 4) is 0 Å². The van der Waals surface area contributed by atoms with E-state index in [0.29, 0.717) is 13.0 Å². The minimum atomic E-state index is -1.36. The van der Waals surface area contributed by atoms with Crippen molar-refractivity contribution < 1.29 is 28.2 Å². The van der Waals surface area contributed by atoms with Gasteiger partial charge in [0.2, 0.25) is 0 Å². The second-order valence-corrected chi connectivity index (χ2v) is 8.16. The minimum absolute atomic E-state index is 0.142. The summed E-state index contributed by atoms with van der Waals surface area (Å²) in [7, 11) is 1.27. The van der Waals surface area contributed by atoms with Gasteiger partial charge in [0.1, 0.15) is 11.5 Å². The molecule has 0 aliphatic carbocycles. The van der Waals surface area contributed by atoms with Gasteiger partial charge in [-0.15, -0.1) is 0 Å². The molecule has 1 aliphatic heterocycles. The van der Waals surface area contributed by atoms with Crippen molar-refractivity contribution in [1.82, 2.24) is 0 Å². The van der Waals surface area contributed by atoms with E-state index in [1.165, 1.54) is 14.0 Å². The van der Waals surface area contributed by atoms with Crippen molar-refractivity contribution >= 4 is 27.7 Å². The summed E-state index contributed by atoms with van der Waals surface area (Å²) >= 11 is 3.29. The third-order valence-electron chi connectivity index (χ3n) is 4.47. The number of Topliss-reactive ketones (excluding diaryl/α,β-unsaturated/α-hetero) is 1. The van der Waals surface area contributed by atoms with E-state index in [9.17, 15) is 9.59 Å². The van der Waals surface area contributed by atoms with Crippen LogP contribution in [0.1, 0.15) is 51.1 Å². The highest BCUT2D eigenvalue weighted by atomic mass is 79.9. The molecule has 1 fully saturated rings. The first-order valence-corrected chi connectivity index (χ1v) is 9.05. The van der Waals surface area contributed by atoms with E-state index in [1.807, 2.05) is 32.9 Å². The molecule has 0 radical (unpaired) electrons. The Hall–Kier alpha value is -1.18. The molecule has 140 valence electrons. The van der Waals surface area contributed by atoms with Gasteiger partial charge in [0, 0.05) is 5.92 Å². The van der Waals surface area contributed by atoms with Crippen LogP contribution in [0.4, 0.5) is 0 Å². The second kappa shape index (κ2) is 7.60. The van der Waals surface area contributed by atoms with Crippen molar-refractivity contribution in [2.24, 2.45) is 0 Å². The van der Waals surface area contributed by atoms with Crippen LogP contribution in [-0.4, -0.2) is 41.7 Å². The van der Waals surface area contributed by atoms with Crippen LogP contribution in [0.5, 0.6) is 0 Å². The first-order valence-electron chi connectivity index (χ1n) is 8.25. The number of furan rings is 1. The Balaban J connectivity index is 2.22. The monoisotopic (exact) mass is 416 g/mol. The van der Waals surface area contributed by atoms with E-state index in [4.69, 9.17) is 18.6 Å². The molecule has 2 rings (SSSR count). The van der Waals surface area contributed by atoms with Gasteiger partial charge in [-0.2, -0.15) is 0 Å². The molecule has 1 aromatic heterocycles. The SMILES string of the molecule is COC(=O)C(Br)(CC[C@@H](c1ccc(C)o1)[C@H]1COC(C)(C)O1)C(C)=O. The summed E-state index contributed by atoms with van der Waals surface area (Å²) in [6, 6.07) is 3.78. The van der Waals surface area contributed by atoms with Crippen molar-refractivity contribution in [1.29, 1.82) is 0 Å². The molecule has 3 atom stereocenters. The molecule has 0 N–H and O–H groups in total. The third-order valence-corrected chi connectivity index (χ3v) is 5.75. The summed E-state index contributed by atoms with van der Waals surface area (Å²) in [6.45, 7) is 7.38. The lowest BCUT2D eigenvalue weighted by molar-refractivity contribution is -0.147. The fourth-order valence-corrected chi connectivity index (χ4v) is 3.41. The van der Waals surface area contributed by atoms with Crippen LogP contribution < -0.4 is 0 Å². The van der Waals surface area contributed by atoms with E-state index < -0.39 is 16.1 Å². The summed E-state index contributed by atoms with van der Waals surface area (Å²) in [5, 5.41) is 0. The number of rotatable bonds is 7. The summed E-state index contributed by atoms with van der Waals surface area (Å²) in [4.78, 5) is 24.1. The van der Waals surface area contributed by atoms with Crippen molar-refractivity contribution in [2.75, 3.05) is 13.7 Å². The lowest BCUT2D eigenvalue weighted by Gasteiger charge is -2.27. The molecule has 0 aromatic carbocycles. The fourth-order valence-electron chi connectivity index (χ4n) is 3.02. The van der Waals surface area contributed by atoms with Gasteiger partial charge >= 0.3 is 5.97 Å². The Labute approximate surface area is 156 Å². The van der Waals surface area contributed by atoms with E-state index in [0.717, 1.165) is 11.5 Å². The van der Waals surface area contributed by atoms with Crippen LogP contribution in [0.15, 0.2) is 16.5 Å². The Morgan fingerprint density at radius 2 is 2.12 bits per heavy atom. The van der Waals surface area contributed by atoms with Crippen LogP contribution in [-0.2, 0) is 23.8 Å². The van der Waals surface area contributed by atoms with Crippen molar-refractivity contribution in [2.45, 2.75) is 62.7 Å². The van der Waals surface area contributed by atoms with Gasteiger partial charge in [-0.1, -0.05) is 15.9 Å². The van der Waals surface area contributed by atoms with Crippen LogP contribution in [0, 0.1) is 6.92 Å². The number of hydrogen-bond acceptors (Lipinski definition) is 6. The molecule has 0 bridgehead atoms. The molecule has 7 heteroatoms. The zero-order valence-electron chi connectivity index (χ0n) is 15.3. The zero-order valence-corrected chi connectivity index (χ0v) is 16.8. The van der Waals surface area contributed by atoms with E-state index >= 15 is 0 Å². The molecule has 1 aliphatic rings. The van der Waals surface area contributed by atoms with Crippen molar-refractivity contribution in [3.63, 3.8) is 0 Å². The smallest absolute Gasteiger partial charge is 0.330 e. The first-order chi connectivity index (χ1) is 11.6. The topological polar surface area (TPSA) is 75.0 Å². The van der Waals surface area contributed by atoms with Gasteiger partial charge in [-0.05, 0) is 52.7 Å². The van der Waals surface area contributed by atoms with Gasteiger partial charge in [-0.3, -0.25) is 9.59 Å². The standard InChI is InChI=1S/C18H25BrO6/c1-11-6-7-14(24-11)13(15-10-23-17(3,4)25-15)8-9-18(19,12(2)20)16(21)22-5/h6-7,13,15H,8-10H2,1-5H3/t13-,15+,18?/m0/s1. The zero-order chi connectivity index (χ0) is 18.8. The van der Waals surface area contributed by atoms with Gasteiger partial charge < -0.3 is 18.6 Å². The second-order valence-electron chi connectivity index (χ2n) is 6.81. The number of methoxy groups -OCH3 is 1. The quantitative estimate of drug-likeness (QED) is 0.384. The number of halogens is 1. The Bertz CT molecular complexity index is 637. The summed E-state index contributed by atoms with van der Waals surface area (Å²) < 4.78 is 20.9. The molecule has 1 unspecified atom stereocenters. The summed E-state index contributed by atoms with van der Waals surface area (Å²) in [5.41, 5.74) is 0. The largest absolute Gasteiger partial charge is 0.468 e. The number of aryl methyl sites for hydroxylation is 1. The molecule has 25 heavy (non-hydrogen) atoms. The Morgan fingerprint density at radius 1 is 1.44 bits per heavy atom. The van der Waals surface area contributed by atoms with Crippen LogP contribution in [0.2, 0.25) is 0 Å². The fraction of sp³-hybridized carbons (Fsp3) is 0.667. The van der Waals surface area contributed by atoms with Gasteiger partial charge in [0.15, 0.2) is 15.9 Å². The van der Waals surface area contributed by atoms with Gasteiger partial charge in [-0.25, -0.2) is 0 Å². The van der Waals surface area contributed by atoms with E-state index in [1.54, 1.807) is 0 Å². The maximum atomic E-state index is 12.1. The molecular weight excluding hydrogens is 392 g/mol. The highest BCUT2D eigenvalue weighted by molar-refractivity contribution is 9.10. The van der Waals surface area contributed by atoms with Crippen LogP contribution >= 0.6 is 15.9 Å². The van der Waals surface area contributed by atoms with Gasteiger partial charge in [0.05, 0.1) is 19.8 Å². The number of ketones is 1. The predicted molar refractivity (Wildman–Crippen MR) is 94.7 cm³/mol. The molecule has 0 saturated carbocycles. The Kier molecular flexibility index (Phi) is 6.12. The Morgan fingerprint density at radius 3 is 2.56 bits per heavy atom. The maximum Gasteiger partial charge on any atom is 0.330 e. The average molecular weight is 417 g/mol. The van der Waals surface area contributed by atoms with E-state index in [-0.39, 0.29) is 24.2 Å². The number of alkyl halides is 1. The first kappa shape index (κ1) is 20.1. The normalized spacial score (nSPS) is 23.0. The number of esters is 1. The summed E-state index contributed by atoms with van der Waals surface area (Å²) in [5.74, 6) is -0.152. The highest BCUT2D eigenvalue weighted by Crippen LogP contribution is 2.39. The molecule has 1 aromatic rings. The lowest BCUT2D eigenvalue weighted by Crippen LogP contribution is -2.41. The summed E-state index contributed by atoms with van der Waals surface area (Å²) in [6.07, 6.45) is 0.540. The number of ether oxygens (including phenoxy) is 3. The number of hydrogen-bond donors (Lipinski definition) is 0.